The van der Waals surface area contributed by atoms with Crippen LogP contribution in [-0.2, 0) is 41.0 Å². The number of sulfonamides is 1. The quantitative estimate of drug-likeness (QED) is 0.291. The van der Waals surface area contributed by atoms with Gasteiger partial charge in [0, 0.05) is 56.8 Å². The summed E-state index contributed by atoms with van der Waals surface area (Å²) in [6, 6.07) is 8.47. The number of carbonyl (C=O) groups is 3. The van der Waals surface area contributed by atoms with Gasteiger partial charge in [-0.1, -0.05) is 11.3 Å². The van der Waals surface area contributed by atoms with E-state index in [0.29, 0.717) is 59.5 Å². The van der Waals surface area contributed by atoms with Crippen molar-refractivity contribution < 1.29 is 32.3 Å². The number of thiazole rings is 1. The lowest BCUT2D eigenvalue weighted by molar-refractivity contribution is -0.154. The van der Waals surface area contributed by atoms with Crippen LogP contribution in [0.5, 0.6) is 5.88 Å². The van der Waals surface area contributed by atoms with Gasteiger partial charge in [-0.3, -0.25) is 14.4 Å². The fourth-order valence-corrected chi connectivity index (χ4v) is 8.90. The molecule has 1 saturated carbocycles. The summed E-state index contributed by atoms with van der Waals surface area (Å²) in [6.07, 6.45) is 2.49. The fourth-order valence-electron chi connectivity index (χ4n) is 6.44. The molecule has 2 amide bonds. The van der Waals surface area contributed by atoms with Gasteiger partial charge in [-0.2, -0.15) is 4.31 Å². The van der Waals surface area contributed by atoms with Gasteiger partial charge in [0.15, 0.2) is 0 Å². The first-order chi connectivity index (χ1) is 22.2. The zero-order valence-corrected chi connectivity index (χ0v) is 29.1. The highest BCUT2D eigenvalue weighted by Crippen LogP contribution is 2.48. The number of benzene rings is 1. The number of esters is 1. The van der Waals surface area contributed by atoms with Crippen LogP contribution in [0.3, 0.4) is 0 Å². The lowest BCUT2D eigenvalue weighted by Gasteiger charge is -2.26. The zero-order chi connectivity index (χ0) is 33.7. The number of hydrogen-bond acceptors (Lipinski definition) is 10. The molecule has 3 aliphatic rings. The summed E-state index contributed by atoms with van der Waals surface area (Å²) in [5.41, 5.74) is 0.791. The van der Waals surface area contributed by atoms with Crippen LogP contribution >= 0.6 is 11.3 Å². The molecule has 12 nitrogen and oxygen atoms in total. The minimum atomic E-state index is -3.98. The summed E-state index contributed by atoms with van der Waals surface area (Å²) in [5, 5.41) is 0.616. The average Bonchev–Trinajstić information content (AvgIpc) is 3.44. The lowest BCUT2D eigenvalue weighted by Crippen LogP contribution is -2.40. The Balaban J connectivity index is 1.30. The molecule has 1 aromatic carbocycles. The molecule has 4 heterocycles. The predicted molar refractivity (Wildman–Crippen MR) is 177 cm³/mol. The van der Waals surface area contributed by atoms with Crippen molar-refractivity contribution in [1.82, 2.24) is 19.2 Å². The minimum absolute atomic E-state index is 0.0155. The Bertz CT molecular complexity index is 1830. The van der Waals surface area contributed by atoms with Crippen molar-refractivity contribution in [1.29, 1.82) is 0 Å². The van der Waals surface area contributed by atoms with E-state index in [1.54, 1.807) is 61.9 Å². The maximum absolute atomic E-state index is 14.2. The Morgan fingerprint density at radius 3 is 2.53 bits per heavy atom. The van der Waals surface area contributed by atoms with Gasteiger partial charge in [0.25, 0.3) is 0 Å². The van der Waals surface area contributed by atoms with Gasteiger partial charge in [0.1, 0.15) is 21.0 Å². The first kappa shape index (κ1) is 33.3. The smallest absolute Gasteiger partial charge is 0.307 e. The Hall–Kier alpha value is -3.62. The molecular formula is C33H41N5O7S2. The van der Waals surface area contributed by atoms with Gasteiger partial charge >= 0.3 is 5.97 Å². The first-order valence-corrected chi connectivity index (χ1v) is 18.2. The third-order valence-corrected chi connectivity index (χ3v) is 11.8. The molecule has 14 heteroatoms. The van der Waals surface area contributed by atoms with Crippen LogP contribution in [0.1, 0.15) is 63.9 Å². The van der Waals surface area contributed by atoms with Gasteiger partial charge in [0.05, 0.1) is 24.8 Å². The van der Waals surface area contributed by atoms with Crippen molar-refractivity contribution in [2.24, 2.45) is 5.92 Å². The normalized spacial score (nSPS) is 19.5. The number of hydrogen-bond donors (Lipinski definition) is 0. The van der Waals surface area contributed by atoms with E-state index >= 15 is 0 Å². The third kappa shape index (κ3) is 7.00. The highest BCUT2D eigenvalue weighted by Gasteiger charge is 2.50. The van der Waals surface area contributed by atoms with Crippen LogP contribution in [-0.4, -0.2) is 90.8 Å². The minimum Gasteiger partial charge on any atom is -0.481 e. The topological polar surface area (TPSA) is 139 Å². The second-order valence-electron chi connectivity index (χ2n) is 13.7. The number of ether oxygens (including phenoxy) is 2. The van der Waals surface area contributed by atoms with E-state index in [9.17, 15) is 22.8 Å². The van der Waals surface area contributed by atoms with Crippen LogP contribution in [0.15, 0.2) is 35.2 Å². The molecule has 6 rings (SSSR count). The third-order valence-electron chi connectivity index (χ3n) is 8.96. The SMILES string of the molecule is COc1ccc2nc(CC(=O)N3CC4(CCN(C(C)=O)C4)c4cc(S(=O)(=O)N(CCC(=O)OC(C)(C)C)CC5CC5)ccc43)sc2n1. The molecular weight excluding hydrogens is 643 g/mol. The average molecular weight is 684 g/mol. The van der Waals surface area contributed by atoms with Gasteiger partial charge in [-0.05, 0) is 75.8 Å². The molecule has 1 saturated heterocycles. The molecule has 0 radical (unpaired) electrons. The first-order valence-electron chi connectivity index (χ1n) is 15.9. The van der Waals surface area contributed by atoms with Crippen molar-refractivity contribution in [3.63, 3.8) is 0 Å². The highest BCUT2D eigenvalue weighted by atomic mass is 32.2. The van der Waals surface area contributed by atoms with Crippen molar-refractivity contribution in [3.8, 4) is 5.88 Å². The molecule has 1 aliphatic carbocycles. The predicted octanol–water partition coefficient (Wildman–Crippen LogP) is 3.91. The van der Waals surface area contributed by atoms with Crippen molar-refractivity contribution in [3.05, 3.63) is 40.9 Å². The van der Waals surface area contributed by atoms with E-state index in [-0.39, 0.29) is 42.0 Å². The molecule has 0 bridgehead atoms. The highest BCUT2D eigenvalue weighted by molar-refractivity contribution is 7.89. The zero-order valence-electron chi connectivity index (χ0n) is 27.4. The molecule has 2 fully saturated rings. The van der Waals surface area contributed by atoms with Gasteiger partial charge in [-0.15, -0.1) is 0 Å². The number of methoxy groups -OCH3 is 1. The fraction of sp³-hybridized carbons (Fsp3) is 0.545. The number of nitrogens with zero attached hydrogens (tertiary/aromatic N) is 5. The van der Waals surface area contributed by atoms with E-state index < -0.39 is 27.0 Å². The lowest BCUT2D eigenvalue weighted by atomic mass is 9.81. The number of anilines is 1. The Labute approximate surface area is 279 Å². The monoisotopic (exact) mass is 683 g/mol. The summed E-state index contributed by atoms with van der Waals surface area (Å²) in [4.78, 5) is 52.1. The molecule has 1 unspecified atom stereocenters. The van der Waals surface area contributed by atoms with E-state index in [0.717, 1.165) is 18.4 Å². The number of fused-ring (bicyclic) bond motifs is 3. The van der Waals surface area contributed by atoms with Crippen LogP contribution < -0.4 is 9.64 Å². The maximum Gasteiger partial charge on any atom is 0.307 e. The van der Waals surface area contributed by atoms with E-state index in [4.69, 9.17) is 9.47 Å². The number of pyridine rings is 1. The van der Waals surface area contributed by atoms with Crippen molar-refractivity contribution in [2.75, 3.05) is 44.7 Å². The Kier molecular flexibility index (Phi) is 8.81. The molecule has 2 aliphatic heterocycles. The number of aromatic nitrogens is 2. The Morgan fingerprint density at radius 1 is 1.11 bits per heavy atom. The van der Waals surface area contributed by atoms with E-state index in [2.05, 4.69) is 9.97 Å². The van der Waals surface area contributed by atoms with Crippen LogP contribution in [0.2, 0.25) is 0 Å². The van der Waals surface area contributed by atoms with Gasteiger partial charge < -0.3 is 19.3 Å². The second kappa shape index (κ2) is 12.4. The van der Waals surface area contributed by atoms with Gasteiger partial charge in [0.2, 0.25) is 27.7 Å². The maximum atomic E-state index is 14.2. The largest absolute Gasteiger partial charge is 0.481 e. The summed E-state index contributed by atoms with van der Waals surface area (Å²) < 4.78 is 40.4. The number of rotatable bonds is 10. The molecule has 0 N–H and O–H groups in total. The molecule has 1 spiro atoms. The molecule has 252 valence electrons. The molecule has 3 aromatic rings. The van der Waals surface area contributed by atoms with Crippen LogP contribution in [0, 0.1) is 5.92 Å². The molecule has 1 atom stereocenters. The van der Waals surface area contributed by atoms with E-state index in [1.165, 1.54) is 22.6 Å². The number of carbonyl (C=O) groups excluding carboxylic acids is 3. The second-order valence-corrected chi connectivity index (χ2v) is 16.7. The molecule has 47 heavy (non-hydrogen) atoms. The summed E-state index contributed by atoms with van der Waals surface area (Å²) in [7, 11) is -2.44. The number of amides is 2. The van der Waals surface area contributed by atoms with E-state index in [1.807, 2.05) is 6.07 Å². The van der Waals surface area contributed by atoms with Crippen molar-refractivity contribution >= 4 is 55.2 Å². The number of likely N-dealkylation sites (tertiary alicyclic amines) is 1. The Morgan fingerprint density at radius 2 is 1.87 bits per heavy atom. The van der Waals surface area contributed by atoms with Crippen LogP contribution in [0.25, 0.3) is 10.3 Å². The summed E-state index contributed by atoms with van der Waals surface area (Å²) in [5.74, 6) is 0.0480. The summed E-state index contributed by atoms with van der Waals surface area (Å²) >= 11 is 1.33. The molecule has 2 aromatic heterocycles. The standard InChI is InChI=1S/C33H41N5O7S2/c1-21(39)36-15-13-33(19-36)20-38(29(40)17-28-34-25-9-11-27(44-5)35-31(25)46-28)26-10-8-23(16-24(26)33)47(42,43)37(18-22-6-7-22)14-12-30(41)45-32(2,3)4/h8-11,16,22H,6-7,12-15,17-20H2,1-5H3. The van der Waals surface area contributed by atoms with Crippen LogP contribution in [0.4, 0.5) is 5.69 Å². The van der Waals surface area contributed by atoms with Crippen molar-refractivity contribution in [2.45, 2.75) is 75.7 Å². The van der Waals surface area contributed by atoms with Gasteiger partial charge in [-0.25, -0.2) is 18.4 Å². The summed E-state index contributed by atoms with van der Waals surface area (Å²) in [6.45, 7) is 8.44.